The molecule has 0 fully saturated rings. The Morgan fingerprint density at radius 1 is 1.73 bits per heavy atom. The van der Waals surface area contributed by atoms with E-state index in [1.165, 1.54) is 0 Å². The second kappa shape index (κ2) is 7.08. The third-order valence-corrected chi connectivity index (χ3v) is 0.855. The summed E-state index contributed by atoms with van der Waals surface area (Å²) in [5, 5.41) is 0. The van der Waals surface area contributed by atoms with E-state index in [0.717, 1.165) is 0 Å². The van der Waals surface area contributed by atoms with Gasteiger partial charge in [0.25, 0.3) is 0 Å². The lowest BCUT2D eigenvalue weighted by Gasteiger charge is -2.03. The second-order valence-corrected chi connectivity index (χ2v) is 1.75. The van der Waals surface area contributed by atoms with Gasteiger partial charge in [0.1, 0.15) is 0 Å². The van der Waals surface area contributed by atoms with Gasteiger partial charge in [-0.1, -0.05) is 6.08 Å². The zero-order valence-electron chi connectivity index (χ0n) is 6.63. The maximum atomic E-state index is 10.5. The molecule has 0 aliphatic carbocycles. The van der Waals surface area contributed by atoms with Crippen LogP contribution in [0.5, 0.6) is 0 Å². The van der Waals surface area contributed by atoms with Gasteiger partial charge in [0.2, 0.25) is 0 Å². The molecule has 1 amide bonds. The molecule has 0 heterocycles. The molecule has 64 valence electrons. The van der Waals surface area contributed by atoms with E-state index in [-0.39, 0.29) is 0 Å². The van der Waals surface area contributed by atoms with Gasteiger partial charge >= 0.3 is 6.09 Å². The van der Waals surface area contributed by atoms with Crippen LogP contribution >= 0.6 is 0 Å². The maximum absolute atomic E-state index is 10.5. The maximum Gasteiger partial charge on any atom is 0.431 e. The summed E-state index contributed by atoms with van der Waals surface area (Å²) in [6.07, 6.45) is 1.84. The largest absolute Gasteiger partial charge is 0.448 e. The highest BCUT2D eigenvalue weighted by Crippen LogP contribution is 1.81. The van der Waals surface area contributed by atoms with Crippen LogP contribution in [0.4, 0.5) is 4.79 Å². The molecule has 0 aromatic rings. The van der Waals surface area contributed by atoms with Gasteiger partial charge in [-0.05, 0) is 13.3 Å². The number of carbonyl (C=O) groups is 1. The van der Waals surface area contributed by atoms with E-state index in [0.29, 0.717) is 19.6 Å². The first kappa shape index (κ1) is 9.97. The van der Waals surface area contributed by atoms with Crippen LogP contribution in [0.25, 0.3) is 0 Å². The zero-order valence-corrected chi connectivity index (χ0v) is 6.63. The Hall–Kier alpha value is -1.03. The molecule has 1 N–H and O–H groups in total. The minimum atomic E-state index is -0.559. The van der Waals surface area contributed by atoms with E-state index >= 15 is 0 Å². The molecule has 4 nitrogen and oxygen atoms in total. The minimum Gasteiger partial charge on any atom is -0.448 e. The number of hydrogen-bond donors (Lipinski definition) is 1. The van der Waals surface area contributed by atoms with Crippen LogP contribution in [0.2, 0.25) is 0 Å². The van der Waals surface area contributed by atoms with Crippen molar-refractivity contribution in [3.05, 3.63) is 12.7 Å². The number of hydrogen-bond acceptors (Lipinski definition) is 3. The van der Waals surface area contributed by atoms with Crippen LogP contribution < -0.4 is 5.48 Å². The van der Waals surface area contributed by atoms with Crippen molar-refractivity contribution in [1.29, 1.82) is 0 Å². The number of ether oxygens (including phenoxy) is 1. The summed E-state index contributed by atoms with van der Waals surface area (Å²) >= 11 is 0. The van der Waals surface area contributed by atoms with Gasteiger partial charge in [-0.15, -0.1) is 6.58 Å². The van der Waals surface area contributed by atoms with E-state index in [1.807, 2.05) is 0 Å². The van der Waals surface area contributed by atoms with Crippen LogP contribution in [0.3, 0.4) is 0 Å². The van der Waals surface area contributed by atoms with Crippen LogP contribution in [-0.2, 0) is 9.57 Å². The highest BCUT2D eigenvalue weighted by atomic mass is 16.7. The van der Waals surface area contributed by atoms with Crippen molar-refractivity contribution < 1.29 is 14.4 Å². The second-order valence-electron chi connectivity index (χ2n) is 1.75. The molecule has 0 bridgehead atoms. The quantitative estimate of drug-likeness (QED) is 0.373. The Bertz CT molecular complexity index is 125. The molecule has 0 radical (unpaired) electrons. The van der Waals surface area contributed by atoms with Crippen molar-refractivity contribution in [3.8, 4) is 0 Å². The third-order valence-electron chi connectivity index (χ3n) is 0.855. The first-order valence-corrected chi connectivity index (χ1v) is 3.46. The Morgan fingerprint density at radius 2 is 2.45 bits per heavy atom. The Balaban J connectivity index is 3.10. The van der Waals surface area contributed by atoms with Crippen molar-refractivity contribution in [3.63, 3.8) is 0 Å². The number of carbonyl (C=O) groups excluding carboxylic acids is 1. The number of hydroxylamine groups is 1. The molecular weight excluding hydrogens is 146 g/mol. The highest BCUT2D eigenvalue weighted by molar-refractivity contribution is 5.65. The summed E-state index contributed by atoms with van der Waals surface area (Å²) in [6.45, 7) is 5.98. The van der Waals surface area contributed by atoms with Gasteiger partial charge in [0.15, 0.2) is 0 Å². The monoisotopic (exact) mass is 159 g/mol. The number of rotatable bonds is 5. The molecule has 0 atom stereocenters. The zero-order chi connectivity index (χ0) is 8.53. The smallest absolute Gasteiger partial charge is 0.431 e. The molecule has 0 rings (SSSR count). The first-order chi connectivity index (χ1) is 5.31. The molecule has 0 aliphatic rings. The van der Waals surface area contributed by atoms with Gasteiger partial charge in [0.05, 0.1) is 13.2 Å². The third kappa shape index (κ3) is 6.86. The summed E-state index contributed by atoms with van der Waals surface area (Å²) in [4.78, 5) is 15.2. The predicted molar refractivity (Wildman–Crippen MR) is 40.9 cm³/mol. The van der Waals surface area contributed by atoms with E-state index in [4.69, 9.17) is 4.84 Å². The molecule has 4 heteroatoms. The summed E-state index contributed by atoms with van der Waals surface area (Å²) in [6, 6.07) is 0. The Morgan fingerprint density at radius 3 is 3.00 bits per heavy atom. The van der Waals surface area contributed by atoms with Gasteiger partial charge in [0, 0.05) is 0 Å². The van der Waals surface area contributed by atoms with Crippen molar-refractivity contribution in [1.82, 2.24) is 5.48 Å². The lowest BCUT2D eigenvalue weighted by molar-refractivity contribution is 0.0318. The van der Waals surface area contributed by atoms with Crippen LogP contribution in [0, 0.1) is 0 Å². The fourth-order valence-electron chi connectivity index (χ4n) is 0.413. The number of nitrogens with one attached hydrogen (secondary N) is 1. The van der Waals surface area contributed by atoms with E-state index < -0.39 is 6.09 Å². The Labute approximate surface area is 66.1 Å². The standard InChI is InChI=1S/C7H13NO3/c1-3-5-6-11-8-7(9)10-4-2/h3H,1,4-6H2,2H3,(H,8,9). The summed E-state index contributed by atoms with van der Waals surface area (Å²) in [5.41, 5.74) is 2.11. The molecule has 0 aliphatic heterocycles. The van der Waals surface area contributed by atoms with E-state index in [1.54, 1.807) is 13.0 Å². The van der Waals surface area contributed by atoms with Crippen molar-refractivity contribution in [2.24, 2.45) is 0 Å². The van der Waals surface area contributed by atoms with E-state index in [2.05, 4.69) is 16.8 Å². The molecule has 11 heavy (non-hydrogen) atoms. The summed E-state index contributed by atoms with van der Waals surface area (Å²) < 4.78 is 4.52. The fourth-order valence-corrected chi connectivity index (χ4v) is 0.413. The predicted octanol–water partition coefficient (Wildman–Crippen LogP) is 1.24. The van der Waals surface area contributed by atoms with Crippen LogP contribution in [-0.4, -0.2) is 19.3 Å². The van der Waals surface area contributed by atoms with Gasteiger partial charge < -0.3 is 4.74 Å². The minimum absolute atomic E-state index is 0.344. The lowest BCUT2D eigenvalue weighted by atomic mass is 10.5. The fraction of sp³-hybridized carbons (Fsp3) is 0.571. The average molecular weight is 159 g/mol. The molecule has 0 saturated heterocycles. The highest BCUT2D eigenvalue weighted by Gasteiger charge is 1.96. The van der Waals surface area contributed by atoms with Gasteiger partial charge in [-0.25, -0.2) is 4.79 Å². The van der Waals surface area contributed by atoms with Crippen LogP contribution in [0.1, 0.15) is 13.3 Å². The van der Waals surface area contributed by atoms with Gasteiger partial charge in [-0.2, -0.15) is 5.48 Å². The molecule has 0 aromatic carbocycles. The van der Waals surface area contributed by atoms with Gasteiger partial charge in [-0.3, -0.25) is 4.84 Å². The van der Waals surface area contributed by atoms with Crippen molar-refractivity contribution >= 4 is 6.09 Å². The molecule has 0 unspecified atom stereocenters. The SMILES string of the molecule is C=CCCONC(=O)OCC. The normalized spacial score (nSPS) is 8.82. The average Bonchev–Trinajstić information content (AvgIpc) is 1.99. The Kier molecular flexibility index (Phi) is 6.42. The summed E-state index contributed by atoms with van der Waals surface area (Å²) in [7, 11) is 0. The molecular formula is C7H13NO3. The molecule has 0 spiro atoms. The first-order valence-electron chi connectivity index (χ1n) is 3.46. The van der Waals surface area contributed by atoms with Crippen LogP contribution in [0.15, 0.2) is 12.7 Å². The van der Waals surface area contributed by atoms with E-state index in [9.17, 15) is 4.79 Å². The van der Waals surface area contributed by atoms with Crippen molar-refractivity contribution in [2.45, 2.75) is 13.3 Å². The molecule has 0 saturated carbocycles. The topological polar surface area (TPSA) is 47.6 Å². The number of amides is 1. The summed E-state index contributed by atoms with van der Waals surface area (Å²) in [5.74, 6) is 0. The molecule has 0 aromatic heterocycles. The lowest BCUT2D eigenvalue weighted by Crippen LogP contribution is -2.24. The van der Waals surface area contributed by atoms with Crippen molar-refractivity contribution in [2.75, 3.05) is 13.2 Å².